The number of methoxy groups -OCH3 is 1. The molecule has 0 bridgehead atoms. The minimum atomic E-state index is -4.78. The number of nitrogens with one attached hydrogen (secondary N) is 2. The molecule has 2 aromatic carbocycles. The molecule has 0 heterocycles. The average Bonchev–Trinajstić information content (AvgIpc) is 2.65. The van der Waals surface area contributed by atoms with Gasteiger partial charge in [0.25, 0.3) is 0 Å². The molecule has 0 saturated heterocycles. The summed E-state index contributed by atoms with van der Waals surface area (Å²) in [6.45, 7) is -0.132. The number of hydrogen-bond donors (Lipinski definition) is 3. The molecule has 0 aromatic heterocycles. The van der Waals surface area contributed by atoms with Gasteiger partial charge in [0.05, 0.1) is 7.11 Å². The van der Waals surface area contributed by atoms with Gasteiger partial charge in [0.2, 0.25) is 0 Å². The van der Waals surface area contributed by atoms with Gasteiger partial charge < -0.3 is 30.0 Å². The molecule has 0 radical (unpaired) electrons. The lowest BCUT2D eigenvalue weighted by molar-refractivity contribution is -0.274. The van der Waals surface area contributed by atoms with Crippen LogP contribution in [0.5, 0.6) is 17.2 Å². The van der Waals surface area contributed by atoms with Gasteiger partial charge in [-0.25, -0.2) is 4.79 Å². The number of aliphatic hydroxyl groups excluding tert-OH is 1. The minimum Gasteiger partial charge on any atom is -0.497 e. The van der Waals surface area contributed by atoms with E-state index in [2.05, 4.69) is 15.4 Å². The fraction of sp³-hybridized carbons (Fsp3) is 0.278. The average molecular weight is 400 g/mol. The molecule has 2 aromatic rings. The fourth-order valence-corrected chi connectivity index (χ4v) is 2.05. The Hall–Kier alpha value is -3.14. The van der Waals surface area contributed by atoms with Gasteiger partial charge in [-0.05, 0) is 48.5 Å². The van der Waals surface area contributed by atoms with Crippen LogP contribution in [0.15, 0.2) is 48.5 Å². The van der Waals surface area contributed by atoms with Crippen LogP contribution in [0.1, 0.15) is 0 Å². The lowest BCUT2D eigenvalue weighted by atomic mass is 10.3. The summed E-state index contributed by atoms with van der Waals surface area (Å²) in [6, 6.07) is 10.8. The SMILES string of the molecule is COc1ccc(OC[C@@H](O)CNC(=O)Nc2ccc(OC(F)(F)F)cc2)cc1. The number of halogens is 3. The number of amides is 2. The molecular weight excluding hydrogens is 381 g/mol. The van der Waals surface area contributed by atoms with Crippen LogP contribution in [-0.2, 0) is 0 Å². The van der Waals surface area contributed by atoms with Crippen molar-refractivity contribution >= 4 is 11.7 Å². The molecule has 0 fully saturated rings. The highest BCUT2D eigenvalue weighted by molar-refractivity contribution is 5.89. The molecule has 10 heteroatoms. The van der Waals surface area contributed by atoms with E-state index in [0.717, 1.165) is 12.1 Å². The van der Waals surface area contributed by atoms with E-state index in [1.54, 1.807) is 31.4 Å². The van der Waals surface area contributed by atoms with Crippen molar-refractivity contribution in [3.63, 3.8) is 0 Å². The summed E-state index contributed by atoms with van der Waals surface area (Å²) < 4.78 is 50.4. The molecule has 0 aliphatic rings. The third kappa shape index (κ3) is 7.62. The highest BCUT2D eigenvalue weighted by Gasteiger charge is 2.30. The Morgan fingerprint density at radius 2 is 1.61 bits per heavy atom. The van der Waals surface area contributed by atoms with E-state index in [9.17, 15) is 23.1 Å². The Balaban J connectivity index is 1.70. The lowest BCUT2D eigenvalue weighted by Crippen LogP contribution is -2.37. The third-order valence-electron chi connectivity index (χ3n) is 3.35. The predicted octanol–water partition coefficient (Wildman–Crippen LogP) is 3.16. The van der Waals surface area contributed by atoms with Gasteiger partial charge in [-0.1, -0.05) is 0 Å². The van der Waals surface area contributed by atoms with Gasteiger partial charge in [-0.15, -0.1) is 13.2 Å². The first-order valence-electron chi connectivity index (χ1n) is 8.11. The lowest BCUT2D eigenvalue weighted by Gasteiger charge is -2.14. The molecule has 0 spiro atoms. The molecule has 28 heavy (non-hydrogen) atoms. The smallest absolute Gasteiger partial charge is 0.497 e. The molecule has 1 atom stereocenters. The molecular formula is C18H19F3N2O5. The normalized spacial score (nSPS) is 12.0. The molecule has 2 rings (SSSR count). The number of alkyl halides is 3. The van der Waals surface area contributed by atoms with E-state index in [1.807, 2.05) is 0 Å². The van der Waals surface area contributed by atoms with Crippen LogP contribution in [0, 0.1) is 0 Å². The number of aliphatic hydroxyl groups is 1. The molecule has 0 saturated carbocycles. The topological polar surface area (TPSA) is 89.0 Å². The van der Waals surface area contributed by atoms with Crippen molar-refractivity contribution in [3.8, 4) is 17.2 Å². The van der Waals surface area contributed by atoms with Crippen molar-refractivity contribution in [2.75, 3.05) is 25.6 Å². The first-order valence-corrected chi connectivity index (χ1v) is 8.11. The third-order valence-corrected chi connectivity index (χ3v) is 3.35. The molecule has 152 valence electrons. The number of rotatable bonds is 8. The largest absolute Gasteiger partial charge is 0.573 e. The number of urea groups is 1. The van der Waals surface area contributed by atoms with Gasteiger partial charge >= 0.3 is 12.4 Å². The Labute approximate surface area is 159 Å². The molecule has 0 aliphatic heterocycles. The number of hydrogen-bond acceptors (Lipinski definition) is 5. The summed E-state index contributed by atoms with van der Waals surface area (Å²) in [5.74, 6) is 0.805. The molecule has 7 nitrogen and oxygen atoms in total. The maximum absolute atomic E-state index is 12.1. The predicted molar refractivity (Wildman–Crippen MR) is 94.6 cm³/mol. The van der Waals surface area contributed by atoms with Crippen molar-refractivity contribution in [2.45, 2.75) is 12.5 Å². The second-order valence-corrected chi connectivity index (χ2v) is 5.55. The van der Waals surface area contributed by atoms with Gasteiger partial charge in [0, 0.05) is 12.2 Å². The van der Waals surface area contributed by atoms with Crippen molar-refractivity contribution in [1.82, 2.24) is 5.32 Å². The zero-order valence-electron chi connectivity index (χ0n) is 14.8. The molecule has 2 amide bonds. The van der Waals surface area contributed by atoms with Crippen molar-refractivity contribution in [2.24, 2.45) is 0 Å². The van der Waals surface area contributed by atoms with Crippen molar-refractivity contribution in [3.05, 3.63) is 48.5 Å². The van der Waals surface area contributed by atoms with Gasteiger partial charge in [0.1, 0.15) is 30.0 Å². The second kappa shape index (κ2) is 9.70. The summed E-state index contributed by atoms with van der Waals surface area (Å²) >= 11 is 0. The second-order valence-electron chi connectivity index (χ2n) is 5.55. The highest BCUT2D eigenvalue weighted by Crippen LogP contribution is 2.23. The van der Waals surface area contributed by atoms with Crippen molar-refractivity contribution in [1.29, 1.82) is 0 Å². The van der Waals surface area contributed by atoms with Crippen LogP contribution in [0.2, 0.25) is 0 Å². The van der Waals surface area contributed by atoms with E-state index in [4.69, 9.17) is 9.47 Å². The minimum absolute atomic E-state index is 0.0455. The summed E-state index contributed by atoms with van der Waals surface area (Å²) in [4.78, 5) is 11.8. The highest BCUT2D eigenvalue weighted by atomic mass is 19.4. The summed E-state index contributed by atoms with van der Waals surface area (Å²) in [5, 5.41) is 14.7. The van der Waals surface area contributed by atoms with E-state index in [1.165, 1.54) is 12.1 Å². The number of ether oxygens (including phenoxy) is 3. The number of benzene rings is 2. The van der Waals surface area contributed by atoms with E-state index in [0.29, 0.717) is 11.5 Å². The van der Waals surface area contributed by atoms with Crippen LogP contribution < -0.4 is 24.8 Å². The maximum atomic E-state index is 12.1. The zero-order valence-corrected chi connectivity index (χ0v) is 14.8. The van der Waals surface area contributed by atoms with Gasteiger partial charge in [-0.3, -0.25) is 0 Å². The Morgan fingerprint density at radius 1 is 1.04 bits per heavy atom. The van der Waals surface area contributed by atoms with E-state index >= 15 is 0 Å². The Bertz CT molecular complexity index is 751. The number of carbonyl (C=O) groups excluding carboxylic acids is 1. The monoisotopic (exact) mass is 400 g/mol. The number of carbonyl (C=O) groups is 1. The van der Waals surface area contributed by atoms with Crippen molar-refractivity contribution < 1.29 is 37.3 Å². The number of anilines is 1. The fourth-order valence-electron chi connectivity index (χ4n) is 2.05. The quantitative estimate of drug-likeness (QED) is 0.634. The zero-order chi connectivity index (χ0) is 20.6. The maximum Gasteiger partial charge on any atom is 0.573 e. The van der Waals surface area contributed by atoms with Crippen LogP contribution >= 0.6 is 0 Å². The van der Waals surface area contributed by atoms with Crippen LogP contribution in [0.4, 0.5) is 23.7 Å². The first-order chi connectivity index (χ1) is 13.2. The van der Waals surface area contributed by atoms with Crippen LogP contribution in [0.25, 0.3) is 0 Å². The summed E-state index contributed by atoms with van der Waals surface area (Å²) in [6.07, 6.45) is -5.74. The van der Waals surface area contributed by atoms with Crippen LogP contribution in [-0.4, -0.2) is 43.9 Å². The van der Waals surface area contributed by atoms with E-state index in [-0.39, 0.29) is 18.8 Å². The van der Waals surface area contributed by atoms with Gasteiger partial charge in [-0.2, -0.15) is 0 Å². The summed E-state index contributed by atoms with van der Waals surface area (Å²) in [5.41, 5.74) is 0.260. The van der Waals surface area contributed by atoms with Crippen LogP contribution in [0.3, 0.4) is 0 Å². The Kier molecular flexibility index (Phi) is 7.33. The molecule has 0 aliphatic carbocycles. The van der Waals surface area contributed by atoms with Gasteiger partial charge in [0.15, 0.2) is 0 Å². The first kappa shape index (κ1) is 21.2. The Morgan fingerprint density at radius 3 is 2.18 bits per heavy atom. The van der Waals surface area contributed by atoms with E-state index < -0.39 is 24.2 Å². The molecule has 3 N–H and O–H groups in total. The molecule has 0 unspecified atom stereocenters. The summed E-state index contributed by atoms with van der Waals surface area (Å²) in [7, 11) is 1.54. The standard InChI is InChI=1S/C18H19F3N2O5/c1-26-14-6-8-15(9-7-14)27-11-13(24)10-22-17(25)23-12-2-4-16(5-3-12)28-18(19,20)21/h2-9,13,24H,10-11H2,1H3,(H2,22,23,25)/t13-/m0/s1.